The minimum absolute atomic E-state index is 0.109. The molecule has 0 saturated carbocycles. The molecule has 102 valence electrons. The molecule has 5 nitrogen and oxygen atoms in total. The van der Waals surface area contributed by atoms with Crippen molar-refractivity contribution in [3.8, 4) is 0 Å². The molecule has 18 heavy (non-hydrogen) atoms. The number of hydrogen-bond donors (Lipinski definition) is 0. The molecule has 2 unspecified atom stereocenters. The van der Waals surface area contributed by atoms with E-state index >= 15 is 0 Å². The summed E-state index contributed by atoms with van der Waals surface area (Å²) in [5.74, 6) is -0.421. The highest BCUT2D eigenvalue weighted by atomic mass is 16.7. The second kappa shape index (κ2) is 4.79. The summed E-state index contributed by atoms with van der Waals surface area (Å²) in [7, 11) is 0. The van der Waals surface area contributed by atoms with Crippen LogP contribution < -0.4 is 0 Å². The third kappa shape index (κ3) is 2.27. The summed E-state index contributed by atoms with van der Waals surface area (Å²) in [6.45, 7) is 4.65. The number of likely N-dealkylation sites (tertiary alicyclic amines) is 1. The van der Waals surface area contributed by atoms with Gasteiger partial charge in [0.05, 0.1) is 25.9 Å². The van der Waals surface area contributed by atoms with Crippen LogP contribution in [-0.2, 0) is 19.0 Å². The van der Waals surface area contributed by atoms with Crippen molar-refractivity contribution >= 4 is 5.91 Å². The lowest BCUT2D eigenvalue weighted by molar-refractivity contribution is -0.196. The average Bonchev–Trinajstić information content (AvgIpc) is 2.98. The number of nitrogens with zero attached hydrogens (tertiary/aromatic N) is 1. The molecule has 5 heteroatoms. The maximum atomic E-state index is 12.4. The van der Waals surface area contributed by atoms with E-state index in [1.54, 1.807) is 0 Å². The van der Waals surface area contributed by atoms with Crippen molar-refractivity contribution in [3.63, 3.8) is 0 Å². The van der Waals surface area contributed by atoms with E-state index in [1.807, 2.05) is 11.8 Å². The van der Waals surface area contributed by atoms with Crippen LogP contribution in [0.15, 0.2) is 0 Å². The van der Waals surface area contributed by atoms with Crippen LogP contribution in [0, 0.1) is 0 Å². The first-order valence-electron chi connectivity index (χ1n) is 6.91. The Labute approximate surface area is 107 Å². The Morgan fingerprint density at radius 1 is 1.28 bits per heavy atom. The molecule has 3 aliphatic rings. The molecule has 1 spiro atoms. The highest BCUT2D eigenvalue weighted by Crippen LogP contribution is 2.31. The molecule has 3 saturated heterocycles. The molecule has 1 amide bonds. The first-order chi connectivity index (χ1) is 8.69. The van der Waals surface area contributed by atoms with Crippen LogP contribution in [-0.4, -0.2) is 55.1 Å². The normalized spacial score (nSPS) is 35.3. The third-order valence-electron chi connectivity index (χ3n) is 4.05. The van der Waals surface area contributed by atoms with Crippen molar-refractivity contribution in [1.29, 1.82) is 0 Å². The zero-order valence-electron chi connectivity index (χ0n) is 10.9. The maximum Gasteiger partial charge on any atom is 0.251 e. The van der Waals surface area contributed by atoms with Crippen molar-refractivity contribution in [2.75, 3.05) is 26.3 Å². The van der Waals surface area contributed by atoms with E-state index in [9.17, 15) is 4.79 Å². The minimum atomic E-state index is -0.530. The molecule has 0 N–H and O–H groups in total. The fourth-order valence-corrected chi connectivity index (χ4v) is 3.10. The van der Waals surface area contributed by atoms with Crippen LogP contribution in [0.1, 0.15) is 32.6 Å². The van der Waals surface area contributed by atoms with E-state index in [0.717, 1.165) is 32.2 Å². The fourth-order valence-electron chi connectivity index (χ4n) is 3.10. The van der Waals surface area contributed by atoms with Gasteiger partial charge in [-0.1, -0.05) is 0 Å². The van der Waals surface area contributed by atoms with E-state index in [4.69, 9.17) is 14.2 Å². The average molecular weight is 255 g/mol. The van der Waals surface area contributed by atoms with Crippen molar-refractivity contribution in [2.24, 2.45) is 0 Å². The Hall–Kier alpha value is -0.650. The number of carbonyl (C=O) groups is 1. The zero-order valence-corrected chi connectivity index (χ0v) is 10.9. The Balaban J connectivity index is 1.63. The van der Waals surface area contributed by atoms with Crippen LogP contribution in [0.2, 0.25) is 0 Å². The first-order valence-corrected chi connectivity index (χ1v) is 6.91. The molecular weight excluding hydrogens is 234 g/mol. The van der Waals surface area contributed by atoms with Gasteiger partial charge >= 0.3 is 0 Å². The molecular formula is C13H21NO4. The Kier molecular flexibility index (Phi) is 3.30. The second-order valence-electron chi connectivity index (χ2n) is 5.48. The summed E-state index contributed by atoms with van der Waals surface area (Å²) < 4.78 is 17.0. The summed E-state index contributed by atoms with van der Waals surface area (Å²) in [5.41, 5.74) is 0. The summed E-state index contributed by atoms with van der Waals surface area (Å²) in [5, 5.41) is 0. The second-order valence-corrected chi connectivity index (χ2v) is 5.48. The SMILES string of the molecule is CC1CCC(C(=O)N2CCCC3(C2)OCCO3)O1. The first kappa shape index (κ1) is 12.4. The summed E-state index contributed by atoms with van der Waals surface area (Å²) in [4.78, 5) is 14.2. The topological polar surface area (TPSA) is 48.0 Å². The third-order valence-corrected chi connectivity index (χ3v) is 4.05. The van der Waals surface area contributed by atoms with Gasteiger partial charge in [0.2, 0.25) is 0 Å². The molecule has 0 aliphatic carbocycles. The van der Waals surface area contributed by atoms with Gasteiger partial charge in [-0.05, 0) is 26.2 Å². The number of piperidine rings is 1. The van der Waals surface area contributed by atoms with E-state index < -0.39 is 5.79 Å². The van der Waals surface area contributed by atoms with Gasteiger partial charge in [-0.2, -0.15) is 0 Å². The molecule has 3 aliphatic heterocycles. The predicted molar refractivity (Wildman–Crippen MR) is 64.0 cm³/mol. The molecule has 2 atom stereocenters. The molecule has 0 aromatic heterocycles. The van der Waals surface area contributed by atoms with Crippen molar-refractivity contribution < 1.29 is 19.0 Å². The van der Waals surface area contributed by atoms with Gasteiger partial charge in [0, 0.05) is 13.0 Å². The Morgan fingerprint density at radius 2 is 2.06 bits per heavy atom. The monoisotopic (exact) mass is 255 g/mol. The molecule has 0 bridgehead atoms. The van der Waals surface area contributed by atoms with Gasteiger partial charge in [0.15, 0.2) is 5.79 Å². The number of rotatable bonds is 1. The van der Waals surface area contributed by atoms with E-state index in [1.165, 1.54) is 0 Å². The van der Waals surface area contributed by atoms with Crippen LogP contribution in [0.4, 0.5) is 0 Å². The zero-order chi connectivity index (χ0) is 12.6. The summed E-state index contributed by atoms with van der Waals surface area (Å²) >= 11 is 0. The van der Waals surface area contributed by atoms with Gasteiger partial charge in [-0.15, -0.1) is 0 Å². The maximum absolute atomic E-state index is 12.4. The number of ether oxygens (including phenoxy) is 3. The van der Waals surface area contributed by atoms with Crippen LogP contribution in [0.25, 0.3) is 0 Å². The van der Waals surface area contributed by atoms with Crippen molar-refractivity contribution in [1.82, 2.24) is 4.90 Å². The van der Waals surface area contributed by atoms with E-state index in [-0.39, 0.29) is 18.1 Å². The van der Waals surface area contributed by atoms with E-state index in [2.05, 4.69) is 0 Å². The predicted octanol–water partition coefficient (Wildman–Crippen LogP) is 0.919. The quantitative estimate of drug-likeness (QED) is 0.699. The fraction of sp³-hybridized carbons (Fsp3) is 0.923. The standard InChI is InChI=1S/C13H21NO4/c1-10-3-4-11(18-10)12(15)14-6-2-5-13(9-14)16-7-8-17-13/h10-11H,2-9H2,1H3. The number of carbonyl (C=O) groups excluding carboxylic acids is 1. The highest BCUT2D eigenvalue weighted by molar-refractivity contribution is 5.81. The number of hydrogen-bond acceptors (Lipinski definition) is 4. The van der Waals surface area contributed by atoms with Crippen LogP contribution in [0.5, 0.6) is 0 Å². The summed E-state index contributed by atoms with van der Waals surface area (Å²) in [6, 6.07) is 0. The van der Waals surface area contributed by atoms with Crippen molar-refractivity contribution in [3.05, 3.63) is 0 Å². The van der Waals surface area contributed by atoms with Crippen LogP contribution >= 0.6 is 0 Å². The largest absolute Gasteiger partial charge is 0.365 e. The molecule has 3 fully saturated rings. The van der Waals surface area contributed by atoms with Gasteiger partial charge in [-0.25, -0.2) is 0 Å². The minimum Gasteiger partial charge on any atom is -0.365 e. The lowest BCUT2D eigenvalue weighted by Gasteiger charge is -2.39. The van der Waals surface area contributed by atoms with Gasteiger partial charge in [0.1, 0.15) is 6.10 Å². The van der Waals surface area contributed by atoms with Gasteiger partial charge < -0.3 is 19.1 Å². The summed E-state index contributed by atoms with van der Waals surface area (Å²) in [6.07, 6.45) is 3.59. The Bertz CT molecular complexity index is 327. The lowest BCUT2D eigenvalue weighted by atomic mass is 10.0. The molecule has 0 aromatic rings. The van der Waals surface area contributed by atoms with Crippen molar-refractivity contribution in [2.45, 2.75) is 50.6 Å². The molecule has 3 heterocycles. The Morgan fingerprint density at radius 3 is 2.72 bits per heavy atom. The molecule has 0 radical (unpaired) electrons. The van der Waals surface area contributed by atoms with Crippen LogP contribution in [0.3, 0.4) is 0 Å². The highest BCUT2D eigenvalue weighted by Gasteiger charge is 2.43. The smallest absolute Gasteiger partial charge is 0.251 e. The molecule has 0 aromatic carbocycles. The molecule has 3 rings (SSSR count). The van der Waals surface area contributed by atoms with Gasteiger partial charge in [0.25, 0.3) is 5.91 Å². The van der Waals surface area contributed by atoms with E-state index in [0.29, 0.717) is 19.8 Å². The lowest BCUT2D eigenvalue weighted by Crippen LogP contribution is -2.53. The number of amides is 1. The van der Waals surface area contributed by atoms with Gasteiger partial charge in [-0.3, -0.25) is 4.79 Å².